The number of hydrogen-bond acceptors (Lipinski definition) is 2. The van der Waals surface area contributed by atoms with Gasteiger partial charge in [-0.2, -0.15) is 0 Å². The molecule has 0 amide bonds. The molecular weight excluding hydrogens is 584 g/mol. The minimum atomic E-state index is -2.92. The Hall–Kier alpha value is -1.57. The van der Waals surface area contributed by atoms with Crippen molar-refractivity contribution in [3.63, 3.8) is 0 Å². The second-order valence-corrected chi connectivity index (χ2v) is 20.6. The molecule has 0 spiro atoms. The Labute approximate surface area is 212 Å². The van der Waals surface area contributed by atoms with Crippen molar-refractivity contribution in [2.24, 2.45) is 0 Å². The van der Waals surface area contributed by atoms with Gasteiger partial charge in [-0.3, -0.25) is 0 Å². The van der Waals surface area contributed by atoms with Gasteiger partial charge in [-0.1, -0.05) is 0 Å². The maximum absolute atomic E-state index is 5.38. The summed E-state index contributed by atoms with van der Waals surface area (Å²) in [6.07, 6.45) is 1.07. The van der Waals surface area contributed by atoms with Crippen molar-refractivity contribution < 1.29 is 4.74 Å². The van der Waals surface area contributed by atoms with E-state index in [4.69, 9.17) is 4.74 Å². The first-order valence-corrected chi connectivity index (χ1v) is 17.5. The van der Waals surface area contributed by atoms with E-state index in [0.29, 0.717) is 0 Å². The van der Waals surface area contributed by atoms with E-state index >= 15 is 0 Å². The summed E-state index contributed by atoms with van der Waals surface area (Å²) in [6, 6.07) is 29.8. The Balaban J connectivity index is 1.89. The second kappa shape index (κ2) is 10.1. The molecule has 0 fully saturated rings. The quantitative estimate of drug-likeness (QED) is 0.184. The van der Waals surface area contributed by atoms with Crippen molar-refractivity contribution in [1.29, 1.82) is 0 Å². The van der Waals surface area contributed by atoms with Crippen LogP contribution in [0.2, 0.25) is 5.25 Å². The van der Waals surface area contributed by atoms with Crippen molar-refractivity contribution in [1.82, 2.24) is 0 Å². The normalized spacial score (nSPS) is 11.5. The van der Waals surface area contributed by atoms with Gasteiger partial charge in [0.15, 0.2) is 0 Å². The summed E-state index contributed by atoms with van der Waals surface area (Å²) >= 11 is 1.59. The molecule has 0 bridgehead atoms. The fourth-order valence-corrected chi connectivity index (χ4v) is 20.8. The molecule has 1 nitrogen and oxygen atoms in total. The van der Waals surface area contributed by atoms with Gasteiger partial charge in [0, 0.05) is 0 Å². The summed E-state index contributed by atoms with van der Waals surface area (Å²) < 4.78 is 11.5. The van der Waals surface area contributed by atoms with Gasteiger partial charge < -0.3 is 0 Å². The summed E-state index contributed by atoms with van der Waals surface area (Å²) in [5.41, 5.74) is 5.47. The van der Waals surface area contributed by atoms with E-state index in [1.807, 2.05) is 11.3 Å². The van der Waals surface area contributed by atoms with Crippen LogP contribution in [0.15, 0.2) is 78.9 Å². The van der Waals surface area contributed by atoms with Crippen molar-refractivity contribution in [3.05, 3.63) is 104 Å². The molecule has 0 radical (unpaired) electrons. The molecule has 4 heteroatoms. The molecule has 0 aliphatic rings. The van der Waals surface area contributed by atoms with Crippen LogP contribution >= 0.6 is 33.9 Å². The van der Waals surface area contributed by atoms with Gasteiger partial charge in [-0.05, 0) is 0 Å². The summed E-state index contributed by atoms with van der Waals surface area (Å²) in [4.78, 5) is 0. The molecule has 0 aliphatic heterocycles. The zero-order valence-corrected chi connectivity index (χ0v) is 24.2. The third kappa shape index (κ3) is 4.85. The average molecular weight is 613 g/mol. The van der Waals surface area contributed by atoms with E-state index < -0.39 is 13.3 Å². The summed E-state index contributed by atoms with van der Waals surface area (Å²) in [5, 5.41) is 1.19. The van der Waals surface area contributed by atoms with E-state index in [1.54, 1.807) is 19.6 Å². The van der Waals surface area contributed by atoms with Crippen LogP contribution in [0.1, 0.15) is 22.3 Å². The molecule has 0 unspecified atom stereocenters. The number of ether oxygens (including phenoxy) is 1. The van der Waals surface area contributed by atoms with Gasteiger partial charge in [0.2, 0.25) is 0 Å². The van der Waals surface area contributed by atoms with Crippen molar-refractivity contribution >= 4 is 59.7 Å². The summed E-state index contributed by atoms with van der Waals surface area (Å²) in [6.45, 7) is 6.67. The van der Waals surface area contributed by atoms with E-state index in [2.05, 4.69) is 122 Å². The number of thiophene rings is 1. The zero-order valence-electron chi connectivity index (χ0n) is 19.1. The number of hydrogen-bond donors (Lipinski definition) is 0. The molecule has 0 atom stereocenters. The predicted molar refractivity (Wildman–Crippen MR) is 150 cm³/mol. The van der Waals surface area contributed by atoms with Gasteiger partial charge in [0.05, 0.1) is 0 Å². The fraction of sp³-hybridized carbons (Fsp3) is 0.214. The zero-order chi connectivity index (χ0) is 22.7. The number of methoxy groups -OCH3 is 1. The van der Waals surface area contributed by atoms with Crippen LogP contribution in [0.5, 0.6) is 5.75 Å². The van der Waals surface area contributed by atoms with Crippen LogP contribution < -0.4 is 17.2 Å². The Bertz CT molecular complexity index is 1130. The molecule has 0 saturated heterocycles. The molecule has 32 heavy (non-hydrogen) atoms. The summed E-state index contributed by atoms with van der Waals surface area (Å²) in [7, 11) is 1.73. The van der Waals surface area contributed by atoms with Gasteiger partial charge in [-0.25, -0.2) is 0 Å². The Morgan fingerprint density at radius 2 is 1.31 bits per heavy atom. The van der Waals surface area contributed by atoms with E-state index in [1.165, 1.54) is 30.4 Å². The monoisotopic (exact) mass is 614 g/mol. The number of aryl methyl sites for hydroxylation is 4. The standard InChI is InChI=1S/C28H29GeIOS/c1-20-5-11-24(12-6-20)29(25-13-7-21(2)8-14-25,28-22(3)19-27(30)32-28)18-17-23-9-15-26(31-4)16-10-23/h5-16,19H,17-18H2,1-4H3. The first-order valence-electron chi connectivity index (χ1n) is 11.0. The van der Waals surface area contributed by atoms with E-state index in [9.17, 15) is 0 Å². The Morgan fingerprint density at radius 1 is 0.781 bits per heavy atom. The Kier molecular flexibility index (Phi) is 7.48. The van der Waals surface area contributed by atoms with Crippen LogP contribution in [0.25, 0.3) is 0 Å². The summed E-state index contributed by atoms with van der Waals surface area (Å²) in [5.74, 6) is 0.919. The molecule has 4 aromatic rings. The average Bonchev–Trinajstić information content (AvgIpc) is 3.15. The van der Waals surface area contributed by atoms with Crippen molar-refractivity contribution in [2.45, 2.75) is 32.4 Å². The molecule has 3 aromatic carbocycles. The van der Waals surface area contributed by atoms with Gasteiger partial charge in [-0.15, -0.1) is 0 Å². The minimum absolute atomic E-state index is 0.919. The number of rotatable bonds is 7. The molecule has 164 valence electrons. The maximum atomic E-state index is 5.38. The van der Waals surface area contributed by atoms with Crippen LogP contribution in [-0.4, -0.2) is 20.4 Å². The SMILES string of the molecule is COc1ccc(C[CH2][Ge]([c]2ccc(C)cc2)([c]2ccc(C)cc2)[c]2sc(I)cc2C)cc1. The van der Waals surface area contributed by atoms with Gasteiger partial charge >= 0.3 is 214 Å². The van der Waals surface area contributed by atoms with Crippen molar-refractivity contribution in [3.8, 4) is 5.75 Å². The predicted octanol–water partition coefficient (Wildman–Crippen LogP) is 6.00. The molecule has 1 aromatic heterocycles. The molecule has 0 saturated carbocycles. The third-order valence-electron chi connectivity index (χ3n) is 6.31. The number of benzene rings is 3. The van der Waals surface area contributed by atoms with Crippen LogP contribution in [0, 0.1) is 23.7 Å². The first-order chi connectivity index (χ1) is 15.4. The van der Waals surface area contributed by atoms with E-state index in [-0.39, 0.29) is 0 Å². The van der Waals surface area contributed by atoms with E-state index in [0.717, 1.165) is 12.2 Å². The first kappa shape index (κ1) is 23.6. The molecule has 0 aliphatic carbocycles. The van der Waals surface area contributed by atoms with Crippen molar-refractivity contribution in [2.75, 3.05) is 7.11 Å². The molecule has 0 N–H and O–H groups in total. The molecule has 4 rings (SSSR count). The topological polar surface area (TPSA) is 9.23 Å². The fourth-order valence-electron chi connectivity index (χ4n) is 4.50. The van der Waals surface area contributed by atoms with Gasteiger partial charge in [0.25, 0.3) is 0 Å². The van der Waals surface area contributed by atoms with Crippen LogP contribution in [0.3, 0.4) is 0 Å². The van der Waals surface area contributed by atoms with Gasteiger partial charge in [0.1, 0.15) is 0 Å². The number of halogens is 1. The van der Waals surface area contributed by atoms with Crippen LogP contribution in [0.4, 0.5) is 0 Å². The van der Waals surface area contributed by atoms with Crippen LogP contribution in [-0.2, 0) is 6.42 Å². The second-order valence-electron chi connectivity index (χ2n) is 8.55. The molecule has 1 heterocycles. The Morgan fingerprint density at radius 3 is 1.75 bits per heavy atom. The molecular formula is C28H29GeIOS. The third-order valence-corrected chi connectivity index (χ3v) is 20.7.